The number of phenols is 1. The Morgan fingerprint density at radius 3 is 2.47 bits per heavy atom. The minimum absolute atomic E-state index is 0.00324. The molecule has 1 heterocycles. The molecule has 3 nitrogen and oxygen atoms in total. The summed E-state index contributed by atoms with van der Waals surface area (Å²) in [5.74, 6) is -0.00324. The molecule has 3 rings (SSSR count). The first-order valence-electron chi connectivity index (χ1n) is 5.01. The van der Waals surface area contributed by atoms with Crippen LogP contribution in [0.25, 0.3) is 21.7 Å². The smallest absolute Gasteiger partial charge is 0.336 e. The van der Waals surface area contributed by atoms with Crippen molar-refractivity contribution in [1.82, 2.24) is 0 Å². The van der Waals surface area contributed by atoms with Gasteiger partial charge in [-0.2, -0.15) is 0 Å². The van der Waals surface area contributed by atoms with Gasteiger partial charge in [-0.15, -0.1) is 0 Å². The van der Waals surface area contributed by atoms with Gasteiger partial charge in [-0.1, -0.05) is 24.3 Å². The maximum atomic E-state index is 11.2. The lowest BCUT2D eigenvalue weighted by Gasteiger charge is -2.07. The van der Waals surface area contributed by atoms with Gasteiger partial charge >= 0.3 is 5.63 Å². The standard InChI is InChI=1S/C13H7BrO3/c14-11-7-3-1-2-4-8(7)12(16)13-9(11)5-6-10(15)17-13/h1-6,16H. The summed E-state index contributed by atoms with van der Waals surface area (Å²) in [5, 5.41) is 12.3. The third kappa shape index (κ3) is 1.45. The molecule has 84 valence electrons. The molecule has 2 aromatic carbocycles. The molecule has 1 N–H and O–H groups in total. The van der Waals surface area contributed by atoms with E-state index in [-0.39, 0.29) is 11.3 Å². The van der Waals surface area contributed by atoms with Gasteiger partial charge in [-0.05, 0) is 22.0 Å². The summed E-state index contributed by atoms with van der Waals surface area (Å²) in [7, 11) is 0. The van der Waals surface area contributed by atoms with Crippen LogP contribution in [0.15, 0.2) is 50.1 Å². The van der Waals surface area contributed by atoms with E-state index in [1.165, 1.54) is 6.07 Å². The normalized spacial score (nSPS) is 11.1. The van der Waals surface area contributed by atoms with Crippen LogP contribution < -0.4 is 5.63 Å². The Morgan fingerprint density at radius 2 is 1.71 bits per heavy atom. The predicted molar refractivity (Wildman–Crippen MR) is 69.4 cm³/mol. The van der Waals surface area contributed by atoms with E-state index in [0.717, 1.165) is 9.86 Å². The highest BCUT2D eigenvalue weighted by atomic mass is 79.9. The molecule has 0 aliphatic rings. The number of hydrogen-bond acceptors (Lipinski definition) is 3. The molecule has 17 heavy (non-hydrogen) atoms. The van der Waals surface area contributed by atoms with Crippen molar-refractivity contribution in [3.8, 4) is 5.75 Å². The SMILES string of the molecule is O=c1ccc2c(Br)c3ccccc3c(O)c2o1. The highest BCUT2D eigenvalue weighted by Gasteiger charge is 2.13. The van der Waals surface area contributed by atoms with Crippen LogP contribution in [-0.4, -0.2) is 5.11 Å². The molecular formula is C13H7BrO3. The molecule has 0 atom stereocenters. The van der Waals surface area contributed by atoms with Gasteiger partial charge in [-0.3, -0.25) is 0 Å². The van der Waals surface area contributed by atoms with Crippen LogP contribution in [0.3, 0.4) is 0 Å². The van der Waals surface area contributed by atoms with E-state index in [1.54, 1.807) is 12.1 Å². The Kier molecular flexibility index (Phi) is 2.19. The van der Waals surface area contributed by atoms with Gasteiger partial charge in [0, 0.05) is 26.7 Å². The Hall–Kier alpha value is -1.81. The largest absolute Gasteiger partial charge is 0.504 e. The molecule has 0 aliphatic heterocycles. The van der Waals surface area contributed by atoms with Gasteiger partial charge in [0.1, 0.15) is 0 Å². The average molecular weight is 291 g/mol. The van der Waals surface area contributed by atoms with Crippen LogP contribution in [0, 0.1) is 0 Å². The second kappa shape index (κ2) is 3.60. The first-order valence-corrected chi connectivity index (χ1v) is 5.81. The van der Waals surface area contributed by atoms with Crippen LogP contribution in [0.1, 0.15) is 0 Å². The molecule has 0 unspecified atom stereocenters. The van der Waals surface area contributed by atoms with Gasteiger partial charge in [0.05, 0.1) is 0 Å². The van der Waals surface area contributed by atoms with E-state index in [4.69, 9.17) is 4.42 Å². The number of hydrogen-bond donors (Lipinski definition) is 1. The molecule has 0 spiro atoms. The van der Waals surface area contributed by atoms with E-state index in [9.17, 15) is 9.90 Å². The lowest BCUT2D eigenvalue weighted by molar-refractivity contribution is 0.462. The lowest BCUT2D eigenvalue weighted by Crippen LogP contribution is -1.95. The minimum atomic E-state index is -0.477. The molecule has 3 aromatic rings. The highest BCUT2D eigenvalue weighted by molar-refractivity contribution is 9.10. The van der Waals surface area contributed by atoms with Gasteiger partial charge in [-0.25, -0.2) is 4.79 Å². The van der Waals surface area contributed by atoms with Gasteiger partial charge in [0.15, 0.2) is 11.3 Å². The van der Waals surface area contributed by atoms with Crippen molar-refractivity contribution in [3.63, 3.8) is 0 Å². The number of halogens is 1. The molecule has 0 radical (unpaired) electrons. The van der Waals surface area contributed by atoms with Crippen molar-refractivity contribution in [3.05, 3.63) is 51.3 Å². The monoisotopic (exact) mass is 290 g/mol. The fraction of sp³-hybridized carbons (Fsp3) is 0. The molecule has 4 heteroatoms. The first-order chi connectivity index (χ1) is 8.18. The van der Waals surface area contributed by atoms with Crippen LogP contribution >= 0.6 is 15.9 Å². The fourth-order valence-electron chi connectivity index (χ4n) is 1.91. The Morgan fingerprint density at radius 1 is 1.00 bits per heavy atom. The van der Waals surface area contributed by atoms with E-state index in [1.807, 2.05) is 18.2 Å². The van der Waals surface area contributed by atoms with Crippen molar-refractivity contribution in [2.45, 2.75) is 0 Å². The predicted octanol–water partition coefficient (Wildman–Crippen LogP) is 3.41. The molecule has 0 fully saturated rings. The van der Waals surface area contributed by atoms with Gasteiger partial charge in [0.2, 0.25) is 0 Å². The summed E-state index contributed by atoms with van der Waals surface area (Å²) in [5.41, 5.74) is -0.266. The maximum absolute atomic E-state index is 11.2. The molecule has 0 saturated carbocycles. The van der Waals surface area contributed by atoms with Crippen LogP contribution in [0.5, 0.6) is 5.75 Å². The lowest BCUT2D eigenvalue weighted by atomic mass is 10.1. The fourth-order valence-corrected chi connectivity index (χ4v) is 2.57. The Labute approximate surface area is 104 Å². The van der Waals surface area contributed by atoms with Gasteiger partial charge < -0.3 is 9.52 Å². The molecule has 0 amide bonds. The van der Waals surface area contributed by atoms with E-state index >= 15 is 0 Å². The Bertz CT molecular complexity index is 790. The molecule has 0 bridgehead atoms. The third-order valence-electron chi connectivity index (χ3n) is 2.70. The number of fused-ring (bicyclic) bond motifs is 2. The molecular weight excluding hydrogens is 284 g/mol. The summed E-state index contributed by atoms with van der Waals surface area (Å²) in [6.45, 7) is 0. The van der Waals surface area contributed by atoms with Crippen molar-refractivity contribution < 1.29 is 9.52 Å². The van der Waals surface area contributed by atoms with Crippen molar-refractivity contribution in [2.75, 3.05) is 0 Å². The third-order valence-corrected chi connectivity index (χ3v) is 3.56. The summed E-state index contributed by atoms with van der Waals surface area (Å²) < 4.78 is 5.86. The second-order valence-corrected chi connectivity index (χ2v) is 4.50. The van der Waals surface area contributed by atoms with Crippen molar-refractivity contribution in [2.24, 2.45) is 0 Å². The number of benzene rings is 2. The Balaban J connectivity index is 2.68. The molecule has 0 saturated heterocycles. The van der Waals surface area contributed by atoms with Crippen molar-refractivity contribution in [1.29, 1.82) is 0 Å². The number of aromatic hydroxyl groups is 1. The highest BCUT2D eigenvalue weighted by Crippen LogP contribution is 2.39. The number of rotatable bonds is 0. The number of phenolic OH excluding ortho intramolecular Hbond substituents is 1. The summed E-state index contributed by atoms with van der Waals surface area (Å²) in [6.07, 6.45) is 0. The van der Waals surface area contributed by atoms with Gasteiger partial charge in [0.25, 0.3) is 0 Å². The summed E-state index contributed by atoms with van der Waals surface area (Å²) >= 11 is 3.47. The quantitative estimate of drug-likeness (QED) is 0.510. The second-order valence-electron chi connectivity index (χ2n) is 3.71. The summed E-state index contributed by atoms with van der Waals surface area (Å²) in [6, 6.07) is 10.4. The zero-order chi connectivity index (χ0) is 12.0. The average Bonchev–Trinajstić information content (AvgIpc) is 2.36. The molecule has 0 aliphatic carbocycles. The zero-order valence-corrected chi connectivity index (χ0v) is 10.2. The topological polar surface area (TPSA) is 50.4 Å². The first kappa shape index (κ1) is 10.4. The van der Waals surface area contributed by atoms with E-state index in [0.29, 0.717) is 10.8 Å². The maximum Gasteiger partial charge on any atom is 0.336 e. The van der Waals surface area contributed by atoms with Crippen molar-refractivity contribution >= 4 is 37.7 Å². The summed E-state index contributed by atoms with van der Waals surface area (Å²) in [4.78, 5) is 11.2. The van der Waals surface area contributed by atoms with E-state index in [2.05, 4.69) is 15.9 Å². The minimum Gasteiger partial charge on any atom is -0.504 e. The van der Waals surface area contributed by atoms with Crippen LogP contribution in [-0.2, 0) is 0 Å². The van der Waals surface area contributed by atoms with Crippen LogP contribution in [0.4, 0.5) is 0 Å². The van der Waals surface area contributed by atoms with E-state index < -0.39 is 5.63 Å². The molecule has 1 aromatic heterocycles. The van der Waals surface area contributed by atoms with Crippen LogP contribution in [0.2, 0.25) is 0 Å². The zero-order valence-electron chi connectivity index (χ0n) is 8.61.